The van der Waals surface area contributed by atoms with E-state index in [1.165, 1.54) is 18.5 Å². The number of fused-ring (bicyclic) bond motifs is 1. The summed E-state index contributed by atoms with van der Waals surface area (Å²) in [7, 11) is 0. The molecule has 1 N–H and O–H groups in total. The zero-order valence-electron chi connectivity index (χ0n) is 13.5. The number of benzene rings is 1. The lowest BCUT2D eigenvalue weighted by Gasteiger charge is -2.07. The average molecular weight is 347 g/mol. The van der Waals surface area contributed by atoms with E-state index in [4.69, 9.17) is 8.83 Å². The quantitative estimate of drug-likeness (QED) is 0.570. The van der Waals surface area contributed by atoms with Crippen molar-refractivity contribution in [1.82, 2.24) is 15.3 Å². The molecule has 1 amide bonds. The third kappa shape index (κ3) is 2.98. The molecule has 26 heavy (non-hydrogen) atoms. The van der Waals surface area contributed by atoms with Gasteiger partial charge in [0.25, 0.3) is 5.91 Å². The van der Waals surface area contributed by atoms with Crippen LogP contribution < -0.4 is 10.9 Å². The number of hydrogen-bond acceptors (Lipinski definition) is 6. The molecule has 3 heterocycles. The van der Waals surface area contributed by atoms with Crippen LogP contribution in [-0.4, -0.2) is 15.9 Å². The fourth-order valence-electron chi connectivity index (χ4n) is 2.59. The highest BCUT2D eigenvalue weighted by Gasteiger charge is 2.16. The van der Waals surface area contributed by atoms with Gasteiger partial charge in [-0.25, -0.2) is 9.78 Å². The number of carbonyl (C=O) groups is 1. The van der Waals surface area contributed by atoms with Crippen LogP contribution in [-0.2, 0) is 6.54 Å². The van der Waals surface area contributed by atoms with Gasteiger partial charge in [0.15, 0.2) is 5.76 Å². The molecule has 7 heteroatoms. The van der Waals surface area contributed by atoms with Crippen molar-refractivity contribution in [2.45, 2.75) is 6.54 Å². The van der Waals surface area contributed by atoms with E-state index >= 15 is 0 Å². The number of amides is 1. The Balaban J connectivity index is 1.59. The Morgan fingerprint density at radius 3 is 2.77 bits per heavy atom. The summed E-state index contributed by atoms with van der Waals surface area (Å²) in [6, 6.07) is 12.0. The van der Waals surface area contributed by atoms with E-state index < -0.39 is 11.5 Å². The van der Waals surface area contributed by atoms with Gasteiger partial charge in [0.1, 0.15) is 16.8 Å². The summed E-state index contributed by atoms with van der Waals surface area (Å²) in [5.41, 5.74) is 0.742. The second-order valence-corrected chi connectivity index (χ2v) is 5.50. The molecule has 0 aliphatic rings. The van der Waals surface area contributed by atoms with Gasteiger partial charge in [-0.2, -0.15) is 0 Å². The summed E-state index contributed by atoms with van der Waals surface area (Å²) in [6.07, 6.45) is 4.60. The van der Waals surface area contributed by atoms with Crippen molar-refractivity contribution in [2.24, 2.45) is 0 Å². The number of para-hydroxylation sites is 1. The van der Waals surface area contributed by atoms with Crippen LogP contribution in [0.4, 0.5) is 0 Å². The number of hydrogen-bond donors (Lipinski definition) is 1. The van der Waals surface area contributed by atoms with Crippen LogP contribution in [0.2, 0.25) is 0 Å². The SMILES string of the molecule is O=C(NCc1nccnc1-c1ccco1)c1cc2ccccc2oc1=O. The van der Waals surface area contributed by atoms with Gasteiger partial charge >= 0.3 is 5.63 Å². The molecule has 128 valence electrons. The summed E-state index contributed by atoms with van der Waals surface area (Å²) in [6.45, 7) is 0.0922. The highest BCUT2D eigenvalue weighted by molar-refractivity contribution is 5.96. The molecular formula is C19H13N3O4. The fourth-order valence-corrected chi connectivity index (χ4v) is 2.59. The summed E-state index contributed by atoms with van der Waals surface area (Å²) < 4.78 is 10.5. The molecule has 4 aromatic rings. The van der Waals surface area contributed by atoms with Crippen LogP contribution in [0.5, 0.6) is 0 Å². The van der Waals surface area contributed by atoms with E-state index in [9.17, 15) is 9.59 Å². The molecule has 0 unspecified atom stereocenters. The lowest BCUT2D eigenvalue weighted by molar-refractivity contribution is 0.0947. The van der Waals surface area contributed by atoms with Gasteiger partial charge in [0.05, 0.1) is 18.5 Å². The fraction of sp³-hybridized carbons (Fsp3) is 0.0526. The van der Waals surface area contributed by atoms with Gasteiger partial charge in [-0.15, -0.1) is 0 Å². The number of nitrogens with zero attached hydrogens (tertiary/aromatic N) is 2. The minimum Gasteiger partial charge on any atom is -0.463 e. The van der Waals surface area contributed by atoms with Gasteiger partial charge < -0.3 is 14.2 Å². The lowest BCUT2D eigenvalue weighted by atomic mass is 10.1. The highest BCUT2D eigenvalue weighted by Crippen LogP contribution is 2.20. The Morgan fingerprint density at radius 2 is 1.92 bits per heavy atom. The predicted molar refractivity (Wildman–Crippen MR) is 93.4 cm³/mol. The van der Waals surface area contributed by atoms with E-state index in [2.05, 4.69) is 15.3 Å². The molecule has 0 spiro atoms. The number of nitrogens with one attached hydrogen (secondary N) is 1. The smallest absolute Gasteiger partial charge is 0.349 e. The maximum atomic E-state index is 12.4. The Hall–Kier alpha value is -3.74. The van der Waals surface area contributed by atoms with Crippen LogP contribution >= 0.6 is 0 Å². The molecular weight excluding hydrogens is 334 g/mol. The van der Waals surface area contributed by atoms with Crippen molar-refractivity contribution in [2.75, 3.05) is 0 Å². The number of aromatic nitrogens is 2. The van der Waals surface area contributed by atoms with E-state index in [-0.39, 0.29) is 12.1 Å². The van der Waals surface area contributed by atoms with Gasteiger partial charge in [-0.05, 0) is 24.3 Å². The highest BCUT2D eigenvalue weighted by atomic mass is 16.4. The summed E-state index contributed by atoms with van der Waals surface area (Å²) in [5.74, 6) is 0.00752. The van der Waals surface area contributed by atoms with Crippen LogP contribution in [0.25, 0.3) is 22.4 Å². The summed E-state index contributed by atoms with van der Waals surface area (Å²) in [4.78, 5) is 33.0. The third-order valence-electron chi connectivity index (χ3n) is 3.83. The van der Waals surface area contributed by atoms with Crippen molar-refractivity contribution in [3.8, 4) is 11.5 Å². The minimum absolute atomic E-state index is 0.0628. The average Bonchev–Trinajstić information content (AvgIpc) is 3.20. The van der Waals surface area contributed by atoms with E-state index in [1.807, 2.05) is 0 Å². The van der Waals surface area contributed by atoms with Crippen LogP contribution in [0.15, 0.2) is 74.8 Å². The molecule has 4 rings (SSSR count). The topological polar surface area (TPSA) is 98.2 Å². The first-order valence-corrected chi connectivity index (χ1v) is 7.87. The van der Waals surface area contributed by atoms with Crippen LogP contribution in [0.1, 0.15) is 16.1 Å². The molecule has 7 nitrogen and oxygen atoms in total. The van der Waals surface area contributed by atoms with Crippen molar-refractivity contribution in [1.29, 1.82) is 0 Å². The first-order valence-electron chi connectivity index (χ1n) is 7.87. The first kappa shape index (κ1) is 15.8. The van der Waals surface area contributed by atoms with Gasteiger partial charge in [0.2, 0.25) is 0 Å². The van der Waals surface area contributed by atoms with E-state index in [0.717, 1.165) is 0 Å². The molecule has 0 radical (unpaired) electrons. The third-order valence-corrected chi connectivity index (χ3v) is 3.83. The maximum absolute atomic E-state index is 12.4. The Labute approximate surface area is 147 Å². The zero-order valence-corrected chi connectivity index (χ0v) is 13.5. The van der Waals surface area contributed by atoms with E-state index in [0.29, 0.717) is 28.1 Å². The van der Waals surface area contributed by atoms with Crippen LogP contribution in [0, 0.1) is 0 Å². The Kier molecular flexibility index (Phi) is 4.03. The molecule has 0 saturated heterocycles. The van der Waals surface area contributed by atoms with E-state index in [1.54, 1.807) is 42.6 Å². The van der Waals surface area contributed by atoms with Crippen molar-refractivity contribution < 1.29 is 13.6 Å². The zero-order chi connectivity index (χ0) is 17.9. The first-order chi connectivity index (χ1) is 12.7. The lowest BCUT2D eigenvalue weighted by Crippen LogP contribution is -2.28. The largest absolute Gasteiger partial charge is 0.463 e. The molecule has 0 saturated carbocycles. The predicted octanol–water partition coefficient (Wildman–Crippen LogP) is 2.77. The van der Waals surface area contributed by atoms with Crippen molar-refractivity contribution in [3.63, 3.8) is 0 Å². The second kappa shape index (κ2) is 6.64. The number of rotatable bonds is 4. The van der Waals surface area contributed by atoms with Crippen LogP contribution in [0.3, 0.4) is 0 Å². The molecule has 1 aromatic carbocycles. The molecule has 0 atom stereocenters. The molecule has 0 aliphatic heterocycles. The molecule has 0 bridgehead atoms. The maximum Gasteiger partial charge on any atom is 0.349 e. The van der Waals surface area contributed by atoms with Gasteiger partial charge in [0, 0.05) is 17.8 Å². The monoisotopic (exact) mass is 347 g/mol. The van der Waals surface area contributed by atoms with Crippen molar-refractivity contribution >= 4 is 16.9 Å². The minimum atomic E-state index is -0.688. The standard InChI is InChI=1S/C19H13N3O4/c23-18(13-10-12-4-1-2-5-15(12)26-19(13)24)22-11-14-17(21-8-7-20-14)16-6-3-9-25-16/h1-10H,11H2,(H,22,23). The summed E-state index contributed by atoms with van der Waals surface area (Å²) in [5, 5.41) is 3.35. The Bertz CT molecular complexity index is 1130. The number of furan rings is 1. The normalized spacial score (nSPS) is 10.8. The molecule has 0 aliphatic carbocycles. The summed E-state index contributed by atoms with van der Waals surface area (Å²) >= 11 is 0. The van der Waals surface area contributed by atoms with Gasteiger partial charge in [-0.1, -0.05) is 18.2 Å². The van der Waals surface area contributed by atoms with Crippen molar-refractivity contribution in [3.05, 3.63) is 82.8 Å². The van der Waals surface area contributed by atoms with Gasteiger partial charge in [-0.3, -0.25) is 9.78 Å². The second-order valence-electron chi connectivity index (χ2n) is 5.50. The molecule has 0 fully saturated rings. The number of carbonyl (C=O) groups excluding carboxylic acids is 1. The Morgan fingerprint density at radius 1 is 1.08 bits per heavy atom. The molecule has 3 aromatic heterocycles.